The van der Waals surface area contributed by atoms with Gasteiger partial charge in [0, 0.05) is 16.8 Å². The zero-order chi connectivity index (χ0) is 11.5. The molecule has 0 unspecified atom stereocenters. The van der Waals surface area contributed by atoms with E-state index in [1.165, 1.54) is 0 Å². The zero-order valence-electron chi connectivity index (χ0n) is 9.07. The Hall–Kier alpha value is -1.60. The summed E-state index contributed by atoms with van der Waals surface area (Å²) >= 11 is 6.18. The van der Waals surface area contributed by atoms with E-state index in [4.69, 9.17) is 11.6 Å². The van der Waals surface area contributed by atoms with E-state index in [1.54, 1.807) is 12.3 Å². The molecular formula is C14H12ClN. The van der Waals surface area contributed by atoms with Crippen LogP contribution in [-0.2, 0) is 0 Å². The molecule has 1 aromatic carbocycles. The largest absolute Gasteiger partial charge is 0.257 e. The first-order valence-corrected chi connectivity index (χ1v) is 5.45. The van der Waals surface area contributed by atoms with E-state index in [-0.39, 0.29) is 0 Å². The lowest BCUT2D eigenvalue weighted by Crippen LogP contribution is -1.90. The molecule has 0 N–H and O–H groups in total. The van der Waals surface area contributed by atoms with Crippen molar-refractivity contribution in [1.29, 1.82) is 0 Å². The van der Waals surface area contributed by atoms with Gasteiger partial charge in [-0.15, -0.1) is 0 Å². The van der Waals surface area contributed by atoms with Gasteiger partial charge < -0.3 is 0 Å². The molecule has 0 atom stereocenters. The van der Waals surface area contributed by atoms with Gasteiger partial charge >= 0.3 is 0 Å². The molecule has 0 aliphatic heterocycles. The Morgan fingerprint density at radius 2 is 1.94 bits per heavy atom. The van der Waals surface area contributed by atoms with E-state index >= 15 is 0 Å². The molecule has 1 nitrogen and oxygen atoms in total. The average Bonchev–Trinajstić information content (AvgIpc) is 2.31. The number of pyridine rings is 1. The Morgan fingerprint density at radius 3 is 2.62 bits per heavy atom. The molecule has 2 aromatic rings. The molecule has 2 rings (SSSR count). The van der Waals surface area contributed by atoms with Crippen molar-refractivity contribution >= 4 is 17.7 Å². The van der Waals surface area contributed by atoms with Crippen molar-refractivity contribution in [1.82, 2.24) is 4.98 Å². The normalized spacial score (nSPS) is 10.1. The molecule has 0 spiro atoms. The van der Waals surface area contributed by atoms with Crippen LogP contribution in [0.2, 0.25) is 5.02 Å². The zero-order valence-corrected chi connectivity index (χ0v) is 9.83. The van der Waals surface area contributed by atoms with E-state index in [2.05, 4.69) is 11.6 Å². The highest BCUT2D eigenvalue weighted by Gasteiger charge is 2.07. The smallest absolute Gasteiger partial charge is 0.0659 e. The fraction of sp³-hybridized carbons (Fsp3) is 0.0714. The summed E-state index contributed by atoms with van der Waals surface area (Å²) in [6.45, 7) is 5.78. The molecule has 0 fully saturated rings. The van der Waals surface area contributed by atoms with Crippen LogP contribution in [0.1, 0.15) is 11.3 Å². The van der Waals surface area contributed by atoms with Crippen LogP contribution in [0.5, 0.6) is 0 Å². The number of aromatic nitrogens is 1. The van der Waals surface area contributed by atoms with E-state index < -0.39 is 0 Å². The number of nitrogens with zero attached hydrogens (tertiary/aromatic N) is 1. The van der Waals surface area contributed by atoms with Gasteiger partial charge in [-0.1, -0.05) is 36.4 Å². The molecule has 0 saturated carbocycles. The number of hydrogen-bond donors (Lipinski definition) is 0. The van der Waals surface area contributed by atoms with Gasteiger partial charge in [0.1, 0.15) is 0 Å². The highest BCUT2D eigenvalue weighted by atomic mass is 35.5. The van der Waals surface area contributed by atoms with Crippen molar-refractivity contribution in [2.24, 2.45) is 0 Å². The van der Waals surface area contributed by atoms with Crippen molar-refractivity contribution in [2.75, 3.05) is 0 Å². The molecular weight excluding hydrogens is 218 g/mol. The van der Waals surface area contributed by atoms with Gasteiger partial charge in [-0.05, 0) is 36.3 Å². The fourth-order valence-electron chi connectivity index (χ4n) is 1.73. The highest BCUT2D eigenvalue weighted by Crippen LogP contribution is 2.30. The minimum atomic E-state index is 0.756. The molecule has 1 aromatic heterocycles. The predicted molar refractivity (Wildman–Crippen MR) is 69.5 cm³/mol. The minimum Gasteiger partial charge on any atom is -0.257 e. The second-order valence-corrected chi connectivity index (χ2v) is 3.96. The maximum Gasteiger partial charge on any atom is 0.0659 e. The maximum atomic E-state index is 6.18. The van der Waals surface area contributed by atoms with Crippen LogP contribution in [0.15, 0.2) is 43.1 Å². The lowest BCUT2D eigenvalue weighted by atomic mass is 10.0. The first-order valence-electron chi connectivity index (χ1n) is 5.07. The van der Waals surface area contributed by atoms with Crippen LogP contribution in [0.25, 0.3) is 17.2 Å². The van der Waals surface area contributed by atoms with Crippen LogP contribution in [0.4, 0.5) is 0 Å². The SMILES string of the molecule is C=Cc1nccc(-c2ccccc2Cl)c1C. The van der Waals surface area contributed by atoms with Gasteiger partial charge in [0.2, 0.25) is 0 Å². The van der Waals surface area contributed by atoms with Crippen molar-refractivity contribution in [2.45, 2.75) is 6.92 Å². The number of benzene rings is 1. The van der Waals surface area contributed by atoms with Crippen LogP contribution < -0.4 is 0 Å². The standard InChI is InChI=1S/C14H12ClN/c1-3-14-10(2)11(8-9-16-14)12-6-4-5-7-13(12)15/h3-9H,1H2,2H3. The quantitative estimate of drug-likeness (QED) is 0.746. The predicted octanol–water partition coefficient (Wildman–Crippen LogP) is 4.35. The average molecular weight is 230 g/mol. The summed E-state index contributed by atoms with van der Waals surface area (Å²) in [5.41, 5.74) is 4.14. The fourth-order valence-corrected chi connectivity index (χ4v) is 1.97. The molecule has 0 aliphatic rings. The first-order chi connectivity index (χ1) is 7.74. The third-order valence-corrected chi connectivity index (χ3v) is 2.93. The topological polar surface area (TPSA) is 12.9 Å². The Bertz CT molecular complexity index is 532. The molecule has 80 valence electrons. The van der Waals surface area contributed by atoms with Crippen LogP contribution in [0, 0.1) is 6.92 Å². The number of hydrogen-bond acceptors (Lipinski definition) is 1. The lowest BCUT2D eigenvalue weighted by Gasteiger charge is -2.09. The van der Waals surface area contributed by atoms with Crippen molar-refractivity contribution in [3.05, 3.63) is 59.4 Å². The third kappa shape index (κ3) is 1.86. The molecule has 2 heteroatoms. The number of rotatable bonds is 2. The Labute approximate surface area is 100 Å². The van der Waals surface area contributed by atoms with Crippen LogP contribution in [-0.4, -0.2) is 4.98 Å². The second kappa shape index (κ2) is 4.50. The monoisotopic (exact) mass is 229 g/mol. The molecule has 0 saturated heterocycles. The Balaban J connectivity index is 2.65. The van der Waals surface area contributed by atoms with E-state index in [0.717, 1.165) is 27.4 Å². The summed E-state index contributed by atoms with van der Waals surface area (Å²) in [4.78, 5) is 4.25. The molecule has 1 heterocycles. The molecule has 0 aliphatic carbocycles. The summed E-state index contributed by atoms with van der Waals surface area (Å²) < 4.78 is 0. The van der Waals surface area contributed by atoms with Gasteiger partial charge in [0.25, 0.3) is 0 Å². The minimum absolute atomic E-state index is 0.756. The highest BCUT2D eigenvalue weighted by molar-refractivity contribution is 6.33. The van der Waals surface area contributed by atoms with E-state index in [9.17, 15) is 0 Å². The van der Waals surface area contributed by atoms with Crippen LogP contribution >= 0.6 is 11.6 Å². The summed E-state index contributed by atoms with van der Waals surface area (Å²) in [5.74, 6) is 0. The molecule has 0 radical (unpaired) electrons. The van der Waals surface area contributed by atoms with Gasteiger partial charge in [-0.25, -0.2) is 0 Å². The third-order valence-electron chi connectivity index (χ3n) is 2.60. The van der Waals surface area contributed by atoms with Gasteiger partial charge in [-0.2, -0.15) is 0 Å². The molecule has 0 amide bonds. The maximum absolute atomic E-state index is 6.18. The summed E-state index contributed by atoms with van der Waals surface area (Å²) in [6.07, 6.45) is 3.54. The summed E-state index contributed by atoms with van der Waals surface area (Å²) in [5, 5.41) is 0.756. The number of halogens is 1. The van der Waals surface area contributed by atoms with Gasteiger partial charge in [0.05, 0.1) is 5.69 Å². The van der Waals surface area contributed by atoms with Gasteiger partial charge in [-0.3, -0.25) is 4.98 Å². The van der Waals surface area contributed by atoms with Gasteiger partial charge in [0.15, 0.2) is 0 Å². The van der Waals surface area contributed by atoms with Crippen molar-refractivity contribution in [3.8, 4) is 11.1 Å². The Kier molecular flexibility index (Phi) is 3.07. The molecule has 16 heavy (non-hydrogen) atoms. The van der Waals surface area contributed by atoms with Crippen molar-refractivity contribution in [3.63, 3.8) is 0 Å². The summed E-state index contributed by atoms with van der Waals surface area (Å²) in [6, 6.07) is 9.79. The van der Waals surface area contributed by atoms with Crippen molar-refractivity contribution < 1.29 is 0 Å². The van der Waals surface area contributed by atoms with E-state index in [1.807, 2.05) is 37.3 Å². The molecule has 0 bridgehead atoms. The Morgan fingerprint density at radius 1 is 1.19 bits per heavy atom. The first kappa shape index (κ1) is 10.9. The summed E-state index contributed by atoms with van der Waals surface area (Å²) in [7, 11) is 0. The second-order valence-electron chi connectivity index (χ2n) is 3.55. The lowest BCUT2D eigenvalue weighted by molar-refractivity contribution is 1.24. The van der Waals surface area contributed by atoms with Crippen LogP contribution in [0.3, 0.4) is 0 Å². The van der Waals surface area contributed by atoms with E-state index in [0.29, 0.717) is 0 Å².